The quantitative estimate of drug-likeness (QED) is 0.190. The Morgan fingerprint density at radius 3 is 1.77 bits per heavy atom. The standard InChI is InChI=1S/C23H22N2O2.C16H14ClNO.2CH4/c1-15-9-19(14-25(2)23(15)27)22-13-16-6-7-21(26)12-17(16)10-18(22)11-20-5-3-4-8-24-20;17-16-10-11-4-5-15(19)9-12(11)7-13(16)8-14-3-1-2-6-18-14;;/h3-5,8-10,13-14H,6-7,11-12H2,1-2H3;1-3,6-7,10H,4-5,8-9H2;2*1H4. The molecule has 3 aromatic heterocycles. The van der Waals surface area contributed by atoms with Crippen molar-refractivity contribution in [2.24, 2.45) is 7.05 Å². The van der Waals surface area contributed by atoms with Gasteiger partial charge in [0.05, 0.1) is 0 Å². The van der Waals surface area contributed by atoms with Gasteiger partial charge in [-0.15, -0.1) is 0 Å². The van der Waals surface area contributed by atoms with Crippen molar-refractivity contribution >= 4 is 23.2 Å². The van der Waals surface area contributed by atoms with Crippen molar-refractivity contribution in [1.29, 1.82) is 0 Å². The number of halogens is 1. The van der Waals surface area contributed by atoms with Crippen LogP contribution in [0.1, 0.15) is 78.0 Å². The molecule has 0 spiro atoms. The molecule has 0 saturated carbocycles. The minimum Gasteiger partial charge on any atom is -0.318 e. The zero-order chi connectivity index (χ0) is 32.2. The highest BCUT2D eigenvalue weighted by atomic mass is 35.5. The number of benzene rings is 2. The van der Waals surface area contributed by atoms with Crippen LogP contribution in [-0.2, 0) is 55.2 Å². The molecule has 0 radical (unpaired) electrons. The number of hydrogen-bond acceptors (Lipinski definition) is 5. The summed E-state index contributed by atoms with van der Waals surface area (Å²) in [7, 11) is 1.79. The molecule has 0 N–H and O–H groups in total. The number of fused-ring (bicyclic) bond motifs is 2. The van der Waals surface area contributed by atoms with Crippen molar-refractivity contribution in [2.75, 3.05) is 0 Å². The van der Waals surface area contributed by atoms with Crippen LogP contribution in [0.3, 0.4) is 0 Å². The number of carbonyl (C=O) groups is 2. The smallest absolute Gasteiger partial charge is 0.253 e. The molecular weight excluding hydrogens is 618 g/mol. The van der Waals surface area contributed by atoms with E-state index in [2.05, 4.69) is 28.2 Å². The summed E-state index contributed by atoms with van der Waals surface area (Å²) in [5, 5.41) is 0.777. The van der Waals surface area contributed by atoms with E-state index in [1.165, 1.54) is 11.1 Å². The predicted molar refractivity (Wildman–Crippen MR) is 195 cm³/mol. The Kier molecular flexibility index (Phi) is 12.0. The third kappa shape index (κ3) is 8.42. The normalized spacial score (nSPS) is 13.2. The van der Waals surface area contributed by atoms with Crippen LogP contribution in [0.2, 0.25) is 5.02 Å². The lowest BCUT2D eigenvalue weighted by atomic mass is 9.85. The second-order valence-electron chi connectivity index (χ2n) is 12.2. The van der Waals surface area contributed by atoms with E-state index in [9.17, 15) is 14.4 Å². The van der Waals surface area contributed by atoms with Gasteiger partial charge in [-0.05, 0) is 101 Å². The maximum absolute atomic E-state index is 12.1. The maximum atomic E-state index is 12.1. The zero-order valence-corrected chi connectivity index (χ0v) is 26.9. The summed E-state index contributed by atoms with van der Waals surface area (Å²) in [5.41, 5.74) is 11.8. The number of Topliss-reactive ketones (excluding diaryl/α,β-unsaturated/α-hetero) is 2. The van der Waals surface area contributed by atoms with Gasteiger partial charge in [0.15, 0.2) is 0 Å². The van der Waals surface area contributed by atoms with Crippen molar-refractivity contribution in [3.63, 3.8) is 0 Å². The molecule has 0 unspecified atom stereocenters. The van der Waals surface area contributed by atoms with E-state index in [0.29, 0.717) is 50.1 Å². The lowest BCUT2D eigenvalue weighted by molar-refractivity contribution is -0.119. The molecule has 2 aromatic carbocycles. The fourth-order valence-corrected chi connectivity index (χ4v) is 6.62. The highest BCUT2D eigenvalue weighted by Gasteiger charge is 2.20. The highest BCUT2D eigenvalue weighted by Crippen LogP contribution is 2.32. The monoisotopic (exact) mass is 661 g/mol. The molecule has 3 heterocycles. The number of aryl methyl sites for hydroxylation is 4. The van der Waals surface area contributed by atoms with Gasteiger partial charge in [0.1, 0.15) is 11.6 Å². The summed E-state index contributed by atoms with van der Waals surface area (Å²) >= 11 is 6.33. The minimum atomic E-state index is 0. The topological polar surface area (TPSA) is 81.9 Å². The molecule has 5 aromatic rings. The molecule has 0 fully saturated rings. The van der Waals surface area contributed by atoms with Crippen LogP contribution in [-0.4, -0.2) is 26.1 Å². The first-order valence-electron chi connectivity index (χ1n) is 15.7. The van der Waals surface area contributed by atoms with Gasteiger partial charge in [-0.3, -0.25) is 24.4 Å². The first-order chi connectivity index (χ1) is 22.2. The van der Waals surface area contributed by atoms with Crippen LogP contribution in [0.5, 0.6) is 0 Å². The van der Waals surface area contributed by atoms with Gasteiger partial charge in [0.2, 0.25) is 0 Å². The molecule has 0 saturated heterocycles. The summed E-state index contributed by atoms with van der Waals surface area (Å²) in [6.45, 7) is 1.85. The SMILES string of the molecule is C.C.Cc1cc(-c2cc3c(cc2Cc2ccccn2)CC(=O)CC3)cn(C)c1=O.O=C1CCc2cc(Cl)c(Cc3ccccn3)cc2C1. The molecule has 6 nitrogen and oxygen atoms in total. The Morgan fingerprint density at radius 1 is 0.688 bits per heavy atom. The van der Waals surface area contributed by atoms with Crippen molar-refractivity contribution in [3.8, 4) is 11.1 Å². The lowest BCUT2D eigenvalue weighted by Gasteiger charge is -2.20. The Labute approximate surface area is 288 Å². The van der Waals surface area contributed by atoms with Gasteiger partial charge in [0.25, 0.3) is 5.56 Å². The average Bonchev–Trinajstić information content (AvgIpc) is 3.05. The number of carbonyl (C=O) groups excluding carboxylic acids is 2. The van der Waals surface area contributed by atoms with Crippen LogP contribution in [0.25, 0.3) is 11.1 Å². The Hall–Kier alpha value is -4.68. The van der Waals surface area contributed by atoms with Crippen molar-refractivity contribution in [3.05, 3.63) is 151 Å². The van der Waals surface area contributed by atoms with E-state index in [1.54, 1.807) is 24.0 Å². The predicted octanol–water partition coefficient (Wildman–Crippen LogP) is 8.06. The van der Waals surface area contributed by atoms with Crippen molar-refractivity contribution in [1.82, 2.24) is 14.5 Å². The van der Waals surface area contributed by atoms with E-state index in [-0.39, 0.29) is 20.4 Å². The largest absolute Gasteiger partial charge is 0.318 e. The average molecular weight is 662 g/mol. The molecule has 0 amide bonds. The van der Waals surface area contributed by atoms with E-state index in [0.717, 1.165) is 68.2 Å². The molecule has 0 aliphatic heterocycles. The zero-order valence-electron chi connectivity index (χ0n) is 26.2. The number of ketones is 2. The van der Waals surface area contributed by atoms with E-state index >= 15 is 0 Å². The molecule has 7 rings (SSSR count). The van der Waals surface area contributed by atoms with Gasteiger partial charge in [0, 0.05) is 86.1 Å². The third-order valence-corrected chi connectivity index (χ3v) is 9.14. The van der Waals surface area contributed by atoms with Gasteiger partial charge in [-0.2, -0.15) is 0 Å². The maximum Gasteiger partial charge on any atom is 0.253 e. The lowest BCUT2D eigenvalue weighted by Crippen LogP contribution is -2.19. The molecule has 7 heteroatoms. The first kappa shape index (κ1) is 36.2. The minimum absolute atomic E-state index is 0. The Balaban J connectivity index is 0.000000220. The number of pyridine rings is 3. The summed E-state index contributed by atoms with van der Waals surface area (Å²) in [5.74, 6) is 0.621. The molecule has 0 atom stereocenters. The van der Waals surface area contributed by atoms with Gasteiger partial charge < -0.3 is 4.57 Å². The van der Waals surface area contributed by atoms with Gasteiger partial charge in [-0.25, -0.2) is 0 Å². The van der Waals surface area contributed by atoms with E-state index < -0.39 is 0 Å². The van der Waals surface area contributed by atoms with Crippen LogP contribution < -0.4 is 5.56 Å². The van der Waals surface area contributed by atoms with E-state index in [4.69, 9.17) is 11.6 Å². The Bertz CT molecular complexity index is 1960. The second kappa shape index (κ2) is 15.9. The fraction of sp³-hybridized carbons (Fsp3) is 0.293. The summed E-state index contributed by atoms with van der Waals surface area (Å²) in [4.78, 5) is 44.4. The van der Waals surface area contributed by atoms with E-state index in [1.807, 2.05) is 61.7 Å². The molecule has 48 heavy (non-hydrogen) atoms. The molecule has 2 aliphatic rings. The molecule has 248 valence electrons. The molecular formula is C41H44ClN3O3. The van der Waals surface area contributed by atoms with Crippen molar-refractivity contribution in [2.45, 2.75) is 73.1 Å². The summed E-state index contributed by atoms with van der Waals surface area (Å²) in [6.07, 6.45) is 10.8. The van der Waals surface area contributed by atoms with Gasteiger partial charge >= 0.3 is 0 Å². The first-order valence-corrected chi connectivity index (χ1v) is 16.1. The van der Waals surface area contributed by atoms with Crippen LogP contribution >= 0.6 is 11.6 Å². The van der Waals surface area contributed by atoms with Crippen LogP contribution in [0.4, 0.5) is 0 Å². The molecule has 0 bridgehead atoms. The van der Waals surface area contributed by atoms with Gasteiger partial charge in [-0.1, -0.05) is 56.8 Å². The molecule has 2 aliphatic carbocycles. The van der Waals surface area contributed by atoms with Crippen LogP contribution in [0.15, 0.2) is 90.1 Å². The number of aromatic nitrogens is 3. The number of nitrogens with zero attached hydrogens (tertiary/aromatic N) is 3. The number of rotatable bonds is 5. The summed E-state index contributed by atoms with van der Waals surface area (Å²) in [6, 6.07) is 22.2. The second-order valence-corrected chi connectivity index (χ2v) is 12.7. The fourth-order valence-electron chi connectivity index (χ4n) is 6.37. The number of hydrogen-bond donors (Lipinski definition) is 0. The highest BCUT2D eigenvalue weighted by molar-refractivity contribution is 6.31. The third-order valence-electron chi connectivity index (χ3n) is 8.78. The Morgan fingerprint density at radius 2 is 1.23 bits per heavy atom. The van der Waals surface area contributed by atoms with Crippen molar-refractivity contribution < 1.29 is 9.59 Å². The van der Waals surface area contributed by atoms with Crippen LogP contribution in [0, 0.1) is 6.92 Å². The summed E-state index contributed by atoms with van der Waals surface area (Å²) < 4.78 is 1.64.